The van der Waals surface area contributed by atoms with Crippen molar-refractivity contribution in [3.63, 3.8) is 0 Å². The third kappa shape index (κ3) is 3.80. The van der Waals surface area contributed by atoms with Crippen molar-refractivity contribution >= 4 is 5.82 Å². The SMILES string of the molecule is C1COCO1.Nc1ccn([C@@H]2O[C@H](CO)[C@@H](O)[C@H]2O)c(=O)n1. The molecule has 4 atom stereocenters. The molecule has 0 aromatic carbocycles. The molecular weight excluding hydrogens is 298 g/mol. The van der Waals surface area contributed by atoms with E-state index < -0.39 is 36.8 Å². The van der Waals surface area contributed by atoms with Crippen LogP contribution in [0.4, 0.5) is 5.82 Å². The molecule has 1 aromatic heterocycles. The zero-order valence-electron chi connectivity index (χ0n) is 11.7. The first-order chi connectivity index (χ1) is 10.5. The second-order valence-corrected chi connectivity index (χ2v) is 4.71. The molecule has 5 N–H and O–H groups in total. The maximum atomic E-state index is 11.5. The number of aliphatic hydroxyl groups excluding tert-OH is 3. The smallest absolute Gasteiger partial charge is 0.351 e. The lowest BCUT2D eigenvalue weighted by Crippen LogP contribution is -2.36. The first-order valence-corrected chi connectivity index (χ1v) is 6.67. The minimum absolute atomic E-state index is 0.0537. The summed E-state index contributed by atoms with van der Waals surface area (Å²) in [5, 5.41) is 28.2. The molecule has 0 amide bonds. The number of hydrogen-bond acceptors (Lipinski definition) is 9. The van der Waals surface area contributed by atoms with Gasteiger partial charge in [-0.3, -0.25) is 4.57 Å². The minimum atomic E-state index is -1.31. The van der Waals surface area contributed by atoms with Crippen LogP contribution in [0.25, 0.3) is 0 Å². The molecule has 2 aliphatic rings. The molecular formula is C12H19N3O7. The molecule has 3 rings (SSSR count). The highest BCUT2D eigenvalue weighted by Crippen LogP contribution is 2.27. The Bertz CT molecular complexity index is 526. The Morgan fingerprint density at radius 3 is 2.45 bits per heavy atom. The third-order valence-electron chi connectivity index (χ3n) is 3.18. The molecule has 10 nitrogen and oxygen atoms in total. The quantitative estimate of drug-likeness (QED) is 0.461. The third-order valence-corrected chi connectivity index (χ3v) is 3.18. The normalized spacial score (nSPS) is 30.9. The second kappa shape index (κ2) is 7.63. The number of hydrogen-bond donors (Lipinski definition) is 4. The average Bonchev–Trinajstić information content (AvgIpc) is 3.14. The zero-order valence-corrected chi connectivity index (χ0v) is 11.7. The fraction of sp³-hybridized carbons (Fsp3) is 0.667. The molecule has 0 aliphatic carbocycles. The topological polar surface area (TPSA) is 149 Å². The van der Waals surface area contributed by atoms with E-state index in [1.807, 2.05) is 0 Å². The van der Waals surface area contributed by atoms with Gasteiger partial charge < -0.3 is 35.3 Å². The molecule has 0 spiro atoms. The lowest BCUT2D eigenvalue weighted by Gasteiger charge is -2.16. The molecule has 1 aromatic rings. The Labute approximate surface area is 125 Å². The van der Waals surface area contributed by atoms with Gasteiger partial charge in [0, 0.05) is 6.20 Å². The van der Waals surface area contributed by atoms with Crippen LogP contribution in [0.2, 0.25) is 0 Å². The van der Waals surface area contributed by atoms with Gasteiger partial charge in [-0.1, -0.05) is 0 Å². The summed E-state index contributed by atoms with van der Waals surface area (Å²) in [5.74, 6) is 0.0537. The highest BCUT2D eigenvalue weighted by molar-refractivity contribution is 5.23. The predicted octanol–water partition coefficient (Wildman–Crippen LogP) is -2.57. The predicted molar refractivity (Wildman–Crippen MR) is 72.7 cm³/mol. The van der Waals surface area contributed by atoms with Crippen LogP contribution in [0.3, 0.4) is 0 Å². The van der Waals surface area contributed by atoms with E-state index in [4.69, 9.17) is 25.1 Å². The highest BCUT2D eigenvalue weighted by atomic mass is 16.7. The molecule has 2 fully saturated rings. The van der Waals surface area contributed by atoms with Crippen molar-refractivity contribution in [3.05, 3.63) is 22.7 Å². The molecule has 2 saturated heterocycles. The van der Waals surface area contributed by atoms with Crippen molar-refractivity contribution in [1.29, 1.82) is 0 Å². The van der Waals surface area contributed by atoms with Crippen LogP contribution < -0.4 is 11.4 Å². The van der Waals surface area contributed by atoms with Gasteiger partial charge in [-0.05, 0) is 6.07 Å². The molecule has 0 saturated carbocycles. The van der Waals surface area contributed by atoms with Gasteiger partial charge in [-0.25, -0.2) is 4.79 Å². The van der Waals surface area contributed by atoms with E-state index in [-0.39, 0.29) is 5.82 Å². The highest BCUT2D eigenvalue weighted by Gasteiger charge is 2.43. The van der Waals surface area contributed by atoms with E-state index >= 15 is 0 Å². The number of nitrogens with zero attached hydrogens (tertiary/aromatic N) is 2. The van der Waals surface area contributed by atoms with E-state index in [0.29, 0.717) is 6.79 Å². The van der Waals surface area contributed by atoms with Crippen molar-refractivity contribution in [3.8, 4) is 0 Å². The second-order valence-electron chi connectivity index (χ2n) is 4.71. The van der Waals surface area contributed by atoms with Gasteiger partial charge in [0.2, 0.25) is 0 Å². The summed E-state index contributed by atoms with van der Waals surface area (Å²) in [4.78, 5) is 15.0. The summed E-state index contributed by atoms with van der Waals surface area (Å²) >= 11 is 0. The van der Waals surface area contributed by atoms with E-state index in [9.17, 15) is 15.0 Å². The maximum absolute atomic E-state index is 11.5. The van der Waals surface area contributed by atoms with Crippen molar-refractivity contribution in [2.45, 2.75) is 24.5 Å². The van der Waals surface area contributed by atoms with Gasteiger partial charge in [0.1, 0.15) is 30.9 Å². The maximum Gasteiger partial charge on any atom is 0.351 e. The Morgan fingerprint density at radius 2 is 2.00 bits per heavy atom. The van der Waals surface area contributed by atoms with Gasteiger partial charge >= 0.3 is 5.69 Å². The van der Waals surface area contributed by atoms with E-state index in [2.05, 4.69) is 4.98 Å². The summed E-state index contributed by atoms with van der Waals surface area (Å²) < 4.78 is 15.6. The van der Waals surface area contributed by atoms with Gasteiger partial charge in [-0.15, -0.1) is 0 Å². The number of aliphatic hydroxyl groups is 3. The van der Waals surface area contributed by atoms with Crippen LogP contribution in [0, 0.1) is 0 Å². The Morgan fingerprint density at radius 1 is 1.32 bits per heavy atom. The molecule has 0 unspecified atom stereocenters. The molecule has 0 radical (unpaired) electrons. The molecule has 10 heteroatoms. The summed E-state index contributed by atoms with van der Waals surface area (Å²) in [6.07, 6.45) is -3.27. The number of anilines is 1. The van der Waals surface area contributed by atoms with Gasteiger partial charge in [-0.2, -0.15) is 4.98 Å². The van der Waals surface area contributed by atoms with E-state index in [1.54, 1.807) is 0 Å². The number of rotatable bonds is 2. The number of ether oxygens (including phenoxy) is 3. The standard InChI is InChI=1S/C9H13N3O5.C3H6O2/c10-5-1-2-12(9(16)11-5)8-7(15)6(14)4(3-13)17-8;1-2-5-3-4-1/h1-2,4,6-8,13-15H,3H2,(H2,10,11,16);1-3H2/t4-,6-,7-,8-;/m1./s1. The molecule has 22 heavy (non-hydrogen) atoms. The lowest BCUT2D eigenvalue weighted by atomic mass is 10.1. The molecule has 124 valence electrons. The first kappa shape index (κ1) is 16.8. The molecule has 2 aliphatic heterocycles. The zero-order chi connectivity index (χ0) is 16.1. The molecule has 0 bridgehead atoms. The largest absolute Gasteiger partial charge is 0.394 e. The average molecular weight is 317 g/mol. The summed E-state index contributed by atoms with van der Waals surface area (Å²) in [7, 11) is 0. The van der Waals surface area contributed by atoms with Crippen LogP contribution in [-0.2, 0) is 14.2 Å². The van der Waals surface area contributed by atoms with E-state index in [1.165, 1.54) is 12.3 Å². The lowest BCUT2D eigenvalue weighted by molar-refractivity contribution is -0.0549. The van der Waals surface area contributed by atoms with Crippen molar-refractivity contribution in [2.75, 3.05) is 32.3 Å². The fourth-order valence-corrected chi connectivity index (χ4v) is 2.02. The summed E-state index contributed by atoms with van der Waals surface area (Å²) in [6, 6.07) is 1.37. The Balaban J connectivity index is 0.000000299. The minimum Gasteiger partial charge on any atom is -0.394 e. The van der Waals surface area contributed by atoms with Crippen LogP contribution in [0.5, 0.6) is 0 Å². The monoisotopic (exact) mass is 317 g/mol. The Kier molecular flexibility index (Phi) is 5.83. The van der Waals surface area contributed by atoms with Crippen LogP contribution in [-0.4, -0.2) is 69.8 Å². The number of aromatic nitrogens is 2. The van der Waals surface area contributed by atoms with Crippen molar-refractivity contribution in [2.24, 2.45) is 0 Å². The number of nitrogen functional groups attached to an aromatic ring is 1. The first-order valence-electron chi connectivity index (χ1n) is 6.67. The molecule has 3 heterocycles. The fourth-order valence-electron chi connectivity index (χ4n) is 2.02. The van der Waals surface area contributed by atoms with Crippen molar-refractivity contribution < 1.29 is 29.5 Å². The van der Waals surface area contributed by atoms with Crippen LogP contribution in [0.1, 0.15) is 6.23 Å². The van der Waals surface area contributed by atoms with Crippen molar-refractivity contribution in [1.82, 2.24) is 9.55 Å². The summed E-state index contributed by atoms with van der Waals surface area (Å²) in [5.41, 5.74) is 4.63. The van der Waals surface area contributed by atoms with Crippen LogP contribution in [0.15, 0.2) is 17.1 Å². The van der Waals surface area contributed by atoms with Gasteiger partial charge in [0.05, 0.1) is 19.8 Å². The van der Waals surface area contributed by atoms with E-state index in [0.717, 1.165) is 17.8 Å². The van der Waals surface area contributed by atoms with Gasteiger partial charge in [0.25, 0.3) is 0 Å². The van der Waals surface area contributed by atoms with Crippen LogP contribution >= 0.6 is 0 Å². The van der Waals surface area contributed by atoms with Gasteiger partial charge in [0.15, 0.2) is 6.23 Å². The Hall–Kier alpha value is -1.56. The number of nitrogens with two attached hydrogens (primary N) is 1. The summed E-state index contributed by atoms with van der Waals surface area (Å²) in [6.45, 7) is 1.60.